The molecule has 0 bridgehead atoms. The molecule has 1 aliphatic rings. The van der Waals surface area contributed by atoms with Gasteiger partial charge in [0.2, 0.25) is 5.91 Å². The molecule has 1 amide bonds. The summed E-state index contributed by atoms with van der Waals surface area (Å²) in [5.41, 5.74) is 0.809. The predicted molar refractivity (Wildman–Crippen MR) is 66.3 cm³/mol. The molecule has 0 saturated heterocycles. The van der Waals surface area contributed by atoms with Crippen molar-refractivity contribution in [2.75, 3.05) is 13.1 Å². The first kappa shape index (κ1) is 13.0. The second kappa shape index (κ2) is 5.91. The lowest BCUT2D eigenvalue weighted by molar-refractivity contribution is -0.122. The first-order valence-corrected chi connectivity index (χ1v) is 6.28. The summed E-state index contributed by atoms with van der Waals surface area (Å²) in [6, 6.07) is 1.49. The summed E-state index contributed by atoms with van der Waals surface area (Å²) in [4.78, 5) is 15.2. The van der Waals surface area contributed by atoms with Crippen LogP contribution in [0.2, 0.25) is 0 Å². The lowest BCUT2D eigenvalue weighted by Crippen LogP contribution is -2.33. The van der Waals surface area contributed by atoms with E-state index in [1.165, 1.54) is 12.3 Å². The Morgan fingerprint density at radius 3 is 2.94 bits per heavy atom. The van der Waals surface area contributed by atoms with Gasteiger partial charge in [0.15, 0.2) is 0 Å². The lowest BCUT2D eigenvalue weighted by Gasteiger charge is -2.14. The minimum atomic E-state index is -0.330. The van der Waals surface area contributed by atoms with Crippen LogP contribution in [0.15, 0.2) is 18.5 Å². The summed E-state index contributed by atoms with van der Waals surface area (Å²) in [6.45, 7) is 3.21. The van der Waals surface area contributed by atoms with Crippen LogP contribution >= 0.6 is 0 Å². The van der Waals surface area contributed by atoms with Gasteiger partial charge < -0.3 is 10.6 Å². The largest absolute Gasteiger partial charge is 0.355 e. The number of hydrogen-bond donors (Lipinski definition) is 2. The van der Waals surface area contributed by atoms with Crippen molar-refractivity contribution in [3.63, 3.8) is 0 Å². The van der Waals surface area contributed by atoms with Gasteiger partial charge in [-0.05, 0) is 31.4 Å². The van der Waals surface area contributed by atoms with E-state index < -0.39 is 0 Å². The van der Waals surface area contributed by atoms with Crippen molar-refractivity contribution in [3.8, 4) is 0 Å². The van der Waals surface area contributed by atoms with Crippen LogP contribution < -0.4 is 10.6 Å². The van der Waals surface area contributed by atoms with E-state index in [-0.39, 0.29) is 23.7 Å². The number of carbonyl (C=O) groups is 1. The fraction of sp³-hybridized carbons (Fsp3) is 0.538. The summed E-state index contributed by atoms with van der Waals surface area (Å²) >= 11 is 0. The first-order valence-electron chi connectivity index (χ1n) is 6.28. The molecular weight excluding hydrogens is 233 g/mol. The van der Waals surface area contributed by atoms with E-state index >= 15 is 0 Å². The van der Waals surface area contributed by atoms with Crippen LogP contribution in [0.4, 0.5) is 4.39 Å². The summed E-state index contributed by atoms with van der Waals surface area (Å²) in [7, 11) is 0. The Morgan fingerprint density at radius 1 is 1.50 bits per heavy atom. The van der Waals surface area contributed by atoms with Crippen LogP contribution in [0, 0.1) is 11.7 Å². The molecule has 18 heavy (non-hydrogen) atoms. The SMILES string of the molecule is CC(NCCNC(=O)C1CC1)c1cncc(F)c1. The van der Waals surface area contributed by atoms with Gasteiger partial charge in [-0.25, -0.2) is 4.39 Å². The maximum atomic E-state index is 13.0. The number of aromatic nitrogens is 1. The molecular formula is C13H18FN3O. The molecule has 2 rings (SSSR count). The molecule has 1 aliphatic carbocycles. The van der Waals surface area contributed by atoms with Crippen molar-refractivity contribution in [2.45, 2.75) is 25.8 Å². The molecule has 0 aromatic carbocycles. The topological polar surface area (TPSA) is 54.0 Å². The predicted octanol–water partition coefficient (Wildman–Crippen LogP) is 1.40. The Bertz CT molecular complexity index is 420. The first-order chi connectivity index (χ1) is 8.66. The molecule has 2 N–H and O–H groups in total. The third-order valence-corrected chi connectivity index (χ3v) is 3.05. The van der Waals surface area contributed by atoms with Crippen molar-refractivity contribution in [1.82, 2.24) is 15.6 Å². The molecule has 1 saturated carbocycles. The fourth-order valence-electron chi connectivity index (χ4n) is 1.75. The highest BCUT2D eigenvalue weighted by molar-refractivity contribution is 5.80. The van der Waals surface area contributed by atoms with Gasteiger partial charge in [-0.2, -0.15) is 0 Å². The number of amides is 1. The molecule has 1 unspecified atom stereocenters. The van der Waals surface area contributed by atoms with Gasteiger partial charge in [0.05, 0.1) is 6.20 Å². The second-order valence-corrected chi connectivity index (χ2v) is 4.68. The lowest BCUT2D eigenvalue weighted by atomic mass is 10.1. The Balaban J connectivity index is 1.68. The molecule has 1 heterocycles. The van der Waals surface area contributed by atoms with Crippen molar-refractivity contribution < 1.29 is 9.18 Å². The summed E-state index contributed by atoms with van der Waals surface area (Å²) in [5, 5.41) is 6.09. The summed E-state index contributed by atoms with van der Waals surface area (Å²) < 4.78 is 13.0. The molecule has 0 aliphatic heterocycles. The normalized spacial score (nSPS) is 16.3. The highest BCUT2D eigenvalue weighted by atomic mass is 19.1. The van der Waals surface area contributed by atoms with Crippen LogP contribution in [-0.4, -0.2) is 24.0 Å². The molecule has 0 spiro atoms. The van der Waals surface area contributed by atoms with Gasteiger partial charge in [0.1, 0.15) is 5.82 Å². The number of rotatable bonds is 6. The summed E-state index contributed by atoms with van der Waals surface area (Å²) in [6.07, 6.45) is 4.87. The monoisotopic (exact) mass is 251 g/mol. The van der Waals surface area contributed by atoms with Gasteiger partial charge in [-0.1, -0.05) is 0 Å². The van der Waals surface area contributed by atoms with E-state index in [1.54, 1.807) is 6.20 Å². The van der Waals surface area contributed by atoms with E-state index in [4.69, 9.17) is 0 Å². The van der Waals surface area contributed by atoms with Gasteiger partial charge in [0.25, 0.3) is 0 Å². The Labute approximate surface area is 106 Å². The molecule has 1 aromatic heterocycles. The number of halogens is 1. The average Bonchev–Trinajstić information content (AvgIpc) is 3.18. The maximum absolute atomic E-state index is 13.0. The van der Waals surface area contributed by atoms with Gasteiger partial charge >= 0.3 is 0 Å². The van der Waals surface area contributed by atoms with Crippen LogP contribution in [0.1, 0.15) is 31.4 Å². The van der Waals surface area contributed by atoms with Crippen molar-refractivity contribution in [2.24, 2.45) is 5.92 Å². The number of pyridine rings is 1. The zero-order chi connectivity index (χ0) is 13.0. The smallest absolute Gasteiger partial charge is 0.223 e. The quantitative estimate of drug-likeness (QED) is 0.751. The standard InChI is InChI=1S/C13H18FN3O/c1-9(11-6-12(14)8-15-7-11)16-4-5-17-13(18)10-2-3-10/h6-10,16H,2-5H2,1H3,(H,17,18). The van der Waals surface area contributed by atoms with Crippen molar-refractivity contribution in [3.05, 3.63) is 29.8 Å². The average molecular weight is 251 g/mol. The molecule has 0 radical (unpaired) electrons. The third-order valence-electron chi connectivity index (χ3n) is 3.05. The number of nitrogens with one attached hydrogen (secondary N) is 2. The molecule has 1 atom stereocenters. The van der Waals surface area contributed by atoms with Gasteiger partial charge in [-0.3, -0.25) is 9.78 Å². The van der Waals surface area contributed by atoms with E-state index in [2.05, 4.69) is 15.6 Å². The maximum Gasteiger partial charge on any atom is 0.223 e. The van der Waals surface area contributed by atoms with Gasteiger partial charge in [0, 0.05) is 31.2 Å². The number of carbonyl (C=O) groups excluding carboxylic acids is 1. The van der Waals surface area contributed by atoms with E-state index in [9.17, 15) is 9.18 Å². The highest BCUT2D eigenvalue weighted by Gasteiger charge is 2.28. The number of nitrogens with zero attached hydrogens (tertiary/aromatic N) is 1. The van der Waals surface area contributed by atoms with Crippen molar-refractivity contribution in [1.29, 1.82) is 0 Å². The van der Waals surface area contributed by atoms with E-state index in [0.717, 1.165) is 18.4 Å². The second-order valence-electron chi connectivity index (χ2n) is 4.68. The molecule has 1 fully saturated rings. The zero-order valence-electron chi connectivity index (χ0n) is 10.4. The Morgan fingerprint density at radius 2 is 2.28 bits per heavy atom. The van der Waals surface area contributed by atoms with Crippen LogP contribution in [0.25, 0.3) is 0 Å². The summed E-state index contributed by atoms with van der Waals surface area (Å²) in [5.74, 6) is 0.0647. The Hall–Kier alpha value is -1.49. The van der Waals surface area contributed by atoms with Crippen molar-refractivity contribution >= 4 is 5.91 Å². The van der Waals surface area contributed by atoms with E-state index in [0.29, 0.717) is 13.1 Å². The van der Waals surface area contributed by atoms with Crippen LogP contribution in [0.3, 0.4) is 0 Å². The van der Waals surface area contributed by atoms with Gasteiger partial charge in [-0.15, -0.1) is 0 Å². The van der Waals surface area contributed by atoms with E-state index in [1.807, 2.05) is 6.92 Å². The molecule has 98 valence electrons. The fourth-order valence-corrected chi connectivity index (χ4v) is 1.75. The zero-order valence-corrected chi connectivity index (χ0v) is 10.4. The minimum absolute atomic E-state index is 0.0195. The Kier molecular flexibility index (Phi) is 4.25. The molecule has 4 nitrogen and oxygen atoms in total. The van der Waals surface area contributed by atoms with Crippen LogP contribution in [-0.2, 0) is 4.79 Å². The molecule has 1 aromatic rings. The minimum Gasteiger partial charge on any atom is -0.355 e. The van der Waals surface area contributed by atoms with Crippen LogP contribution in [0.5, 0.6) is 0 Å². The molecule has 5 heteroatoms. The third kappa shape index (κ3) is 3.77. The highest BCUT2D eigenvalue weighted by Crippen LogP contribution is 2.28. The number of hydrogen-bond acceptors (Lipinski definition) is 3.